The molecule has 1 amide bonds. The third kappa shape index (κ3) is 8.48. The van der Waals surface area contributed by atoms with E-state index in [1.807, 2.05) is 0 Å². The number of hydrogen-bond donors (Lipinski definition) is 4. The van der Waals surface area contributed by atoms with Crippen molar-refractivity contribution in [1.29, 1.82) is 0 Å². The van der Waals surface area contributed by atoms with Gasteiger partial charge >= 0.3 is 0 Å². The van der Waals surface area contributed by atoms with Gasteiger partial charge in [-0.2, -0.15) is 0 Å². The topological polar surface area (TPSA) is 101 Å². The van der Waals surface area contributed by atoms with E-state index in [2.05, 4.69) is 20.9 Å². The first kappa shape index (κ1) is 30.4. The van der Waals surface area contributed by atoms with Gasteiger partial charge in [0.2, 0.25) is 5.91 Å². The molecule has 3 atom stereocenters. The first-order valence-corrected chi connectivity index (χ1v) is 13.7. The van der Waals surface area contributed by atoms with E-state index in [-0.39, 0.29) is 31.0 Å². The molecule has 7 nitrogen and oxygen atoms in total. The number of halogens is 4. The first-order chi connectivity index (χ1) is 19.9. The van der Waals surface area contributed by atoms with Gasteiger partial charge in [-0.1, -0.05) is 24.3 Å². The number of carbonyl (C=O) groups excluding carboxylic acids is 1. The number of nitrogens with one attached hydrogen (secondary N) is 3. The zero-order valence-electron chi connectivity index (χ0n) is 22.6. The highest BCUT2D eigenvalue weighted by Gasteiger charge is 2.31. The Morgan fingerprint density at radius 2 is 1.63 bits per heavy atom. The molecule has 1 fully saturated rings. The number of rotatable bonds is 14. The van der Waals surface area contributed by atoms with Crippen LogP contribution in [0.25, 0.3) is 0 Å². The largest absolute Gasteiger partial charge is 0.371 e. The number of nitrogens with zero attached hydrogens (tertiary/aromatic N) is 1. The average molecular weight is 574 g/mol. The van der Waals surface area contributed by atoms with Crippen molar-refractivity contribution in [2.75, 3.05) is 38.2 Å². The molecule has 1 aliphatic heterocycles. The molecule has 0 spiro atoms. The number of alkyl halides is 1. The second-order valence-electron chi connectivity index (χ2n) is 10.1. The quantitative estimate of drug-likeness (QED) is 0.173. The van der Waals surface area contributed by atoms with Crippen LogP contribution in [0.4, 0.5) is 23.2 Å². The summed E-state index contributed by atoms with van der Waals surface area (Å²) in [6.45, 7) is 2.02. The Balaban J connectivity index is 1.53. The molecule has 1 aromatic heterocycles. The van der Waals surface area contributed by atoms with E-state index < -0.39 is 35.3 Å². The monoisotopic (exact) mass is 573 g/mol. The number of benzene rings is 2. The number of morpholine rings is 1. The summed E-state index contributed by atoms with van der Waals surface area (Å²) < 4.78 is 61.0. The smallest absolute Gasteiger partial charge is 0.240 e. The third-order valence-corrected chi connectivity index (χ3v) is 7.12. The molecular formula is C30H35F4N5O2. The normalized spacial score (nSPS) is 17.9. The summed E-state index contributed by atoms with van der Waals surface area (Å²) in [4.78, 5) is 16.8. The van der Waals surface area contributed by atoms with E-state index in [0.717, 1.165) is 6.20 Å². The molecule has 220 valence electrons. The number of anilines is 1. The average Bonchev–Trinajstić information content (AvgIpc) is 2.96. The van der Waals surface area contributed by atoms with Gasteiger partial charge in [0.05, 0.1) is 37.0 Å². The molecule has 3 aromatic rings. The lowest BCUT2D eigenvalue weighted by Crippen LogP contribution is -2.48. The maximum absolute atomic E-state index is 15.1. The Morgan fingerprint density at radius 3 is 2.24 bits per heavy atom. The van der Waals surface area contributed by atoms with Crippen LogP contribution in [0.3, 0.4) is 0 Å². The maximum atomic E-state index is 15.1. The number of nitrogens with two attached hydrogens (primary N) is 1. The summed E-state index contributed by atoms with van der Waals surface area (Å²) in [6.07, 6.45) is 3.47. The van der Waals surface area contributed by atoms with Crippen LogP contribution in [0.2, 0.25) is 0 Å². The van der Waals surface area contributed by atoms with Gasteiger partial charge in [0, 0.05) is 31.1 Å². The van der Waals surface area contributed by atoms with Crippen LogP contribution < -0.4 is 21.7 Å². The lowest BCUT2D eigenvalue weighted by Gasteiger charge is -2.31. The van der Waals surface area contributed by atoms with Crippen LogP contribution in [0, 0.1) is 17.5 Å². The highest BCUT2D eigenvalue weighted by molar-refractivity contribution is 5.85. The van der Waals surface area contributed by atoms with Crippen molar-refractivity contribution in [2.24, 2.45) is 5.73 Å². The van der Waals surface area contributed by atoms with E-state index in [1.54, 1.807) is 0 Å². The molecule has 11 heteroatoms. The highest BCUT2D eigenvalue weighted by atomic mass is 19.1. The standard InChI is InChI=1S/C30H35F4N5O2/c31-12-1-13-36-15-24-16-37-14-23(41-24)10-11-25-26(34)17-38-18-27(25)39-29(30(35)40)28(19-2-6-21(32)7-3-19)20-4-8-22(33)9-5-20/h2-9,17-18,23-24,28-29,36-37,39H,1,10-16H2,(H2,35,40)/t23-,24-,29+/m1/s1. The van der Waals surface area contributed by atoms with Gasteiger partial charge < -0.3 is 26.4 Å². The van der Waals surface area contributed by atoms with Crippen LogP contribution in [0.5, 0.6) is 0 Å². The summed E-state index contributed by atoms with van der Waals surface area (Å²) in [5.41, 5.74) is 7.58. The van der Waals surface area contributed by atoms with Crippen LogP contribution in [0.15, 0.2) is 60.9 Å². The molecule has 2 heterocycles. The van der Waals surface area contributed by atoms with Gasteiger partial charge in [-0.3, -0.25) is 14.2 Å². The fraction of sp³-hybridized carbons (Fsp3) is 0.400. The van der Waals surface area contributed by atoms with Gasteiger partial charge in [0.1, 0.15) is 23.5 Å². The van der Waals surface area contributed by atoms with Gasteiger partial charge in [-0.25, -0.2) is 13.2 Å². The van der Waals surface area contributed by atoms with E-state index >= 15 is 4.39 Å². The second kappa shape index (κ2) is 14.9. The Bertz CT molecular complexity index is 1220. The zero-order chi connectivity index (χ0) is 29.2. The lowest BCUT2D eigenvalue weighted by atomic mass is 9.84. The van der Waals surface area contributed by atoms with Crippen molar-refractivity contribution in [1.82, 2.24) is 15.6 Å². The SMILES string of the molecule is NC(=O)[C@@H](Nc1cncc(F)c1CC[C@@H]1CNC[C@@H](CNCCCF)O1)C(c1ccc(F)cc1)c1ccc(F)cc1. The fourth-order valence-electron chi connectivity index (χ4n) is 5.07. The van der Waals surface area contributed by atoms with Gasteiger partial charge in [0.15, 0.2) is 0 Å². The van der Waals surface area contributed by atoms with Crippen molar-refractivity contribution in [3.8, 4) is 0 Å². The second-order valence-corrected chi connectivity index (χ2v) is 10.1. The molecule has 0 aliphatic carbocycles. The number of amides is 1. The molecular weight excluding hydrogens is 538 g/mol. The molecule has 2 aromatic carbocycles. The number of aromatic nitrogens is 1. The number of hydrogen-bond acceptors (Lipinski definition) is 6. The van der Waals surface area contributed by atoms with E-state index in [1.165, 1.54) is 54.7 Å². The Labute approximate surface area is 236 Å². The minimum Gasteiger partial charge on any atom is -0.371 e. The molecule has 4 rings (SSSR count). The molecule has 1 aliphatic rings. The fourth-order valence-corrected chi connectivity index (χ4v) is 5.07. The van der Waals surface area contributed by atoms with Crippen molar-refractivity contribution in [2.45, 2.75) is 43.4 Å². The predicted octanol–water partition coefficient (Wildman–Crippen LogP) is 3.84. The number of primary amides is 1. The molecule has 0 unspecified atom stereocenters. The Hall–Kier alpha value is -3.54. The van der Waals surface area contributed by atoms with Crippen LogP contribution in [-0.2, 0) is 16.0 Å². The minimum atomic E-state index is -1.10. The van der Waals surface area contributed by atoms with E-state index in [4.69, 9.17) is 10.5 Å². The molecule has 1 saturated heterocycles. The molecule has 41 heavy (non-hydrogen) atoms. The van der Waals surface area contributed by atoms with Crippen LogP contribution in [-0.4, -0.2) is 62.0 Å². The molecule has 0 radical (unpaired) electrons. The third-order valence-electron chi connectivity index (χ3n) is 7.12. The summed E-state index contributed by atoms with van der Waals surface area (Å²) >= 11 is 0. The summed E-state index contributed by atoms with van der Waals surface area (Å²) in [5.74, 6) is -2.93. The van der Waals surface area contributed by atoms with Crippen molar-refractivity contribution in [3.63, 3.8) is 0 Å². The van der Waals surface area contributed by atoms with Crippen molar-refractivity contribution < 1.29 is 27.1 Å². The lowest BCUT2D eigenvalue weighted by molar-refractivity contribution is -0.119. The Kier molecular flexibility index (Phi) is 11.1. The van der Waals surface area contributed by atoms with Gasteiger partial charge in [-0.15, -0.1) is 0 Å². The number of carbonyl (C=O) groups is 1. The summed E-state index contributed by atoms with van der Waals surface area (Å²) in [7, 11) is 0. The van der Waals surface area contributed by atoms with Crippen molar-refractivity contribution >= 4 is 11.6 Å². The number of pyridine rings is 1. The highest BCUT2D eigenvalue weighted by Crippen LogP contribution is 2.32. The van der Waals surface area contributed by atoms with E-state index in [0.29, 0.717) is 55.7 Å². The van der Waals surface area contributed by atoms with Crippen LogP contribution >= 0.6 is 0 Å². The molecule has 0 saturated carbocycles. The van der Waals surface area contributed by atoms with Gasteiger partial charge in [-0.05, 0) is 61.2 Å². The molecule has 5 N–H and O–H groups in total. The van der Waals surface area contributed by atoms with E-state index in [9.17, 15) is 18.0 Å². The number of ether oxygens (including phenoxy) is 1. The summed E-state index contributed by atoms with van der Waals surface area (Å²) in [5, 5.41) is 9.59. The summed E-state index contributed by atoms with van der Waals surface area (Å²) in [6, 6.07) is 10.1. The van der Waals surface area contributed by atoms with Gasteiger partial charge in [0.25, 0.3) is 0 Å². The minimum absolute atomic E-state index is 0.0975. The van der Waals surface area contributed by atoms with Crippen molar-refractivity contribution in [3.05, 3.63) is 95.1 Å². The van der Waals surface area contributed by atoms with Crippen LogP contribution in [0.1, 0.15) is 35.4 Å². The Morgan fingerprint density at radius 1 is 1.00 bits per heavy atom. The predicted molar refractivity (Wildman–Crippen MR) is 149 cm³/mol. The first-order valence-electron chi connectivity index (χ1n) is 13.7. The maximum Gasteiger partial charge on any atom is 0.240 e. The zero-order valence-corrected chi connectivity index (χ0v) is 22.6. The molecule has 0 bridgehead atoms.